The molecule has 1 heterocycles. The fraction of sp³-hybridized carbons (Fsp3) is 0.467. The number of carbonyl (C=O) groups excluding carboxylic acids is 2. The van der Waals surface area contributed by atoms with Gasteiger partial charge in [0, 0.05) is 20.1 Å². The van der Waals surface area contributed by atoms with Gasteiger partial charge in [0.05, 0.1) is 5.92 Å². The minimum Gasteiger partial charge on any atom is -0.359 e. The molecule has 2 rings (SSSR count). The van der Waals surface area contributed by atoms with Crippen molar-refractivity contribution < 1.29 is 9.59 Å². The molecule has 0 aromatic heterocycles. The summed E-state index contributed by atoms with van der Waals surface area (Å²) in [6.07, 6.45) is 1.66. The summed E-state index contributed by atoms with van der Waals surface area (Å²) in [7, 11) is 1.62. The van der Waals surface area contributed by atoms with Crippen LogP contribution < -0.4 is 11.1 Å². The fourth-order valence-electron chi connectivity index (χ4n) is 2.60. The van der Waals surface area contributed by atoms with Gasteiger partial charge in [0.2, 0.25) is 11.8 Å². The van der Waals surface area contributed by atoms with Crippen LogP contribution in [0.25, 0.3) is 0 Å². The van der Waals surface area contributed by atoms with E-state index >= 15 is 0 Å². The van der Waals surface area contributed by atoms with E-state index in [4.69, 9.17) is 5.73 Å². The molecule has 1 aromatic rings. The summed E-state index contributed by atoms with van der Waals surface area (Å²) >= 11 is 0. The van der Waals surface area contributed by atoms with Crippen molar-refractivity contribution in [1.29, 1.82) is 0 Å². The first-order valence-electron chi connectivity index (χ1n) is 6.94. The van der Waals surface area contributed by atoms with Crippen molar-refractivity contribution in [3.05, 3.63) is 35.9 Å². The molecule has 1 aliphatic heterocycles. The molecule has 0 bridgehead atoms. The molecule has 1 saturated heterocycles. The molecule has 0 saturated carbocycles. The van der Waals surface area contributed by atoms with E-state index in [0.717, 1.165) is 18.4 Å². The Morgan fingerprint density at radius 3 is 2.62 bits per heavy atom. The zero-order valence-corrected chi connectivity index (χ0v) is 12.9. The van der Waals surface area contributed by atoms with E-state index in [1.165, 1.54) is 0 Å². The zero-order chi connectivity index (χ0) is 14.5. The van der Waals surface area contributed by atoms with Crippen LogP contribution in [0.2, 0.25) is 0 Å². The Morgan fingerprint density at radius 1 is 1.33 bits per heavy atom. The van der Waals surface area contributed by atoms with Crippen LogP contribution in [0.1, 0.15) is 24.4 Å². The van der Waals surface area contributed by atoms with Crippen LogP contribution in [0.5, 0.6) is 0 Å². The highest BCUT2D eigenvalue weighted by Crippen LogP contribution is 2.20. The second kappa shape index (κ2) is 8.00. The van der Waals surface area contributed by atoms with Gasteiger partial charge in [-0.1, -0.05) is 30.3 Å². The van der Waals surface area contributed by atoms with Crippen LogP contribution in [-0.2, 0) is 9.59 Å². The Hall–Kier alpha value is -1.59. The maximum absolute atomic E-state index is 12.4. The zero-order valence-electron chi connectivity index (χ0n) is 12.1. The number of hydrogen-bond donors (Lipinski definition) is 2. The minimum absolute atomic E-state index is 0. The van der Waals surface area contributed by atoms with Crippen molar-refractivity contribution in [3.8, 4) is 0 Å². The molecular weight excluding hydrogens is 290 g/mol. The van der Waals surface area contributed by atoms with Gasteiger partial charge in [-0.05, 0) is 18.4 Å². The molecular formula is C15H22ClN3O2. The maximum atomic E-state index is 12.4. The average molecular weight is 312 g/mol. The van der Waals surface area contributed by atoms with Crippen LogP contribution in [0, 0.1) is 5.92 Å². The van der Waals surface area contributed by atoms with E-state index in [-0.39, 0.29) is 30.1 Å². The number of likely N-dealkylation sites (tertiary alicyclic amines) is 1. The molecule has 1 aliphatic rings. The Kier molecular flexibility index (Phi) is 6.65. The SMILES string of the molecule is CNC(=O)C1CCCN(C(=O)C(N)c2ccccc2)C1.Cl. The van der Waals surface area contributed by atoms with Gasteiger partial charge >= 0.3 is 0 Å². The summed E-state index contributed by atoms with van der Waals surface area (Å²) in [6, 6.07) is 8.67. The highest BCUT2D eigenvalue weighted by Gasteiger charge is 2.30. The number of halogens is 1. The highest BCUT2D eigenvalue weighted by molar-refractivity contribution is 5.85. The van der Waals surface area contributed by atoms with Crippen molar-refractivity contribution in [3.63, 3.8) is 0 Å². The number of amides is 2. The number of carbonyl (C=O) groups is 2. The number of rotatable bonds is 3. The predicted octanol–water partition coefficient (Wildman–Crippen LogP) is 1.09. The Labute approximate surface area is 131 Å². The number of nitrogens with two attached hydrogens (primary N) is 1. The minimum atomic E-state index is -0.653. The lowest BCUT2D eigenvalue weighted by atomic mass is 9.96. The molecule has 2 atom stereocenters. The standard InChI is InChI=1S/C15H21N3O2.ClH/c1-17-14(19)12-8-5-9-18(10-12)15(20)13(16)11-6-3-2-4-7-11;/h2-4,6-7,12-13H,5,8-10,16H2,1H3,(H,17,19);1H. The monoisotopic (exact) mass is 311 g/mol. The smallest absolute Gasteiger partial charge is 0.244 e. The molecule has 0 aliphatic carbocycles. The maximum Gasteiger partial charge on any atom is 0.244 e. The Bertz CT molecular complexity index is 481. The third kappa shape index (κ3) is 4.19. The van der Waals surface area contributed by atoms with E-state index in [1.54, 1.807) is 11.9 Å². The van der Waals surface area contributed by atoms with E-state index in [9.17, 15) is 9.59 Å². The van der Waals surface area contributed by atoms with Gasteiger partial charge < -0.3 is 16.0 Å². The van der Waals surface area contributed by atoms with E-state index in [2.05, 4.69) is 5.32 Å². The summed E-state index contributed by atoms with van der Waals surface area (Å²) in [6.45, 7) is 1.13. The molecule has 2 amide bonds. The van der Waals surface area contributed by atoms with Gasteiger partial charge in [0.1, 0.15) is 6.04 Å². The molecule has 1 aromatic carbocycles. The first-order chi connectivity index (χ1) is 9.63. The number of piperidine rings is 1. The third-order valence-corrected chi connectivity index (χ3v) is 3.77. The Balaban J connectivity index is 0.00000220. The fourth-order valence-corrected chi connectivity index (χ4v) is 2.60. The number of benzene rings is 1. The second-order valence-electron chi connectivity index (χ2n) is 5.13. The Morgan fingerprint density at radius 2 is 2.00 bits per heavy atom. The van der Waals surface area contributed by atoms with Gasteiger partial charge in [-0.15, -0.1) is 12.4 Å². The van der Waals surface area contributed by atoms with Crippen LogP contribution in [0.4, 0.5) is 0 Å². The summed E-state index contributed by atoms with van der Waals surface area (Å²) in [5.41, 5.74) is 6.84. The predicted molar refractivity (Wildman–Crippen MR) is 84.0 cm³/mol. The average Bonchev–Trinajstić information content (AvgIpc) is 2.53. The first kappa shape index (κ1) is 17.5. The number of hydrogen-bond acceptors (Lipinski definition) is 3. The van der Waals surface area contributed by atoms with E-state index in [0.29, 0.717) is 13.1 Å². The van der Waals surface area contributed by atoms with Crippen LogP contribution >= 0.6 is 12.4 Å². The van der Waals surface area contributed by atoms with Crippen LogP contribution in [0.15, 0.2) is 30.3 Å². The van der Waals surface area contributed by atoms with Gasteiger partial charge in [-0.2, -0.15) is 0 Å². The number of nitrogens with zero attached hydrogens (tertiary/aromatic N) is 1. The van der Waals surface area contributed by atoms with Crippen molar-refractivity contribution in [2.45, 2.75) is 18.9 Å². The van der Waals surface area contributed by atoms with Crippen LogP contribution in [-0.4, -0.2) is 36.9 Å². The molecule has 1 fully saturated rings. The molecule has 2 unspecified atom stereocenters. The van der Waals surface area contributed by atoms with Crippen molar-refractivity contribution in [1.82, 2.24) is 10.2 Å². The van der Waals surface area contributed by atoms with Gasteiger partial charge in [-0.25, -0.2) is 0 Å². The van der Waals surface area contributed by atoms with Crippen molar-refractivity contribution in [2.24, 2.45) is 11.7 Å². The molecule has 0 spiro atoms. The third-order valence-electron chi connectivity index (χ3n) is 3.77. The van der Waals surface area contributed by atoms with Crippen molar-refractivity contribution in [2.75, 3.05) is 20.1 Å². The van der Waals surface area contributed by atoms with Gasteiger partial charge in [0.25, 0.3) is 0 Å². The summed E-state index contributed by atoms with van der Waals surface area (Å²) in [5, 5.41) is 2.65. The largest absolute Gasteiger partial charge is 0.359 e. The molecule has 21 heavy (non-hydrogen) atoms. The topological polar surface area (TPSA) is 75.4 Å². The van der Waals surface area contributed by atoms with Gasteiger partial charge in [-0.3, -0.25) is 9.59 Å². The lowest BCUT2D eigenvalue weighted by Crippen LogP contribution is -2.47. The molecule has 5 nitrogen and oxygen atoms in total. The summed E-state index contributed by atoms with van der Waals surface area (Å²) < 4.78 is 0. The molecule has 3 N–H and O–H groups in total. The first-order valence-corrected chi connectivity index (χ1v) is 6.94. The summed E-state index contributed by atoms with van der Waals surface area (Å²) in [5.74, 6) is -0.235. The highest BCUT2D eigenvalue weighted by atomic mass is 35.5. The normalized spacial score (nSPS) is 19.3. The lowest BCUT2D eigenvalue weighted by Gasteiger charge is -2.33. The second-order valence-corrected chi connectivity index (χ2v) is 5.13. The molecule has 116 valence electrons. The lowest BCUT2D eigenvalue weighted by molar-refractivity contribution is -0.136. The number of nitrogens with one attached hydrogen (secondary N) is 1. The van der Waals surface area contributed by atoms with Gasteiger partial charge in [0.15, 0.2) is 0 Å². The van der Waals surface area contributed by atoms with Crippen molar-refractivity contribution >= 4 is 24.2 Å². The quantitative estimate of drug-likeness (QED) is 0.877. The summed E-state index contributed by atoms with van der Waals surface area (Å²) in [4.78, 5) is 25.8. The van der Waals surface area contributed by atoms with E-state index < -0.39 is 6.04 Å². The molecule has 6 heteroatoms. The van der Waals surface area contributed by atoms with E-state index in [1.807, 2.05) is 30.3 Å². The van der Waals surface area contributed by atoms with Crippen LogP contribution in [0.3, 0.4) is 0 Å². The molecule has 0 radical (unpaired) electrons.